The predicted octanol–water partition coefficient (Wildman–Crippen LogP) is 4.72. The van der Waals surface area contributed by atoms with Gasteiger partial charge in [-0.2, -0.15) is 0 Å². The van der Waals surface area contributed by atoms with Crippen molar-refractivity contribution in [3.63, 3.8) is 0 Å². The second-order valence-corrected chi connectivity index (χ2v) is 5.71. The molecule has 0 atom stereocenters. The Morgan fingerprint density at radius 1 is 1.39 bits per heavy atom. The molecule has 1 saturated carbocycles. The van der Waals surface area contributed by atoms with Gasteiger partial charge in [-0.05, 0) is 37.8 Å². The Balaban J connectivity index is 2.29. The van der Waals surface area contributed by atoms with Gasteiger partial charge in [0.25, 0.3) is 0 Å². The minimum Gasteiger partial charge on any atom is -0.321 e. The van der Waals surface area contributed by atoms with Crippen molar-refractivity contribution in [1.29, 1.82) is 0 Å². The molecule has 18 heavy (non-hydrogen) atoms. The molecule has 96 valence electrons. The second-order valence-electron chi connectivity index (χ2n) is 5.04. The first-order chi connectivity index (χ1) is 8.72. The summed E-state index contributed by atoms with van der Waals surface area (Å²) in [5.41, 5.74) is 2.22. The smallest absolute Gasteiger partial charge is 0.125 e. The van der Waals surface area contributed by atoms with Crippen molar-refractivity contribution in [3.8, 4) is 0 Å². The maximum absolute atomic E-state index is 6.23. The third kappa shape index (κ3) is 1.59. The maximum Gasteiger partial charge on any atom is 0.125 e. The summed E-state index contributed by atoms with van der Waals surface area (Å²) in [4.78, 5) is 4.63. The quantitative estimate of drug-likeness (QED) is 0.745. The lowest BCUT2D eigenvalue weighted by atomic mass is 9.74. The van der Waals surface area contributed by atoms with Gasteiger partial charge in [-0.15, -0.1) is 11.6 Å². The highest BCUT2D eigenvalue weighted by molar-refractivity contribution is 6.35. The summed E-state index contributed by atoms with van der Waals surface area (Å²) in [6.45, 7) is 2.24. The van der Waals surface area contributed by atoms with E-state index in [0.717, 1.165) is 23.3 Å². The average molecular weight is 283 g/mol. The Morgan fingerprint density at radius 2 is 2.17 bits per heavy atom. The molecule has 1 heterocycles. The van der Waals surface area contributed by atoms with Crippen molar-refractivity contribution < 1.29 is 0 Å². The molecule has 0 amide bonds. The van der Waals surface area contributed by atoms with E-state index in [4.69, 9.17) is 23.2 Å². The predicted molar refractivity (Wildman–Crippen MR) is 76.4 cm³/mol. The highest BCUT2D eigenvalue weighted by Crippen LogP contribution is 2.45. The Kier molecular flexibility index (Phi) is 3.03. The average Bonchev–Trinajstić information content (AvgIpc) is 2.70. The van der Waals surface area contributed by atoms with Crippen LogP contribution in [0.4, 0.5) is 0 Å². The molecule has 1 fully saturated rings. The first-order valence-electron chi connectivity index (χ1n) is 6.44. The highest BCUT2D eigenvalue weighted by Gasteiger charge is 2.39. The lowest BCUT2D eigenvalue weighted by Gasteiger charge is -2.44. The third-order valence-corrected chi connectivity index (χ3v) is 4.79. The molecule has 3 rings (SSSR count). The van der Waals surface area contributed by atoms with E-state index in [9.17, 15) is 0 Å². The maximum atomic E-state index is 6.23. The van der Waals surface area contributed by atoms with E-state index in [0.29, 0.717) is 10.9 Å². The molecule has 0 N–H and O–H groups in total. The van der Waals surface area contributed by atoms with Gasteiger partial charge in [-0.25, -0.2) is 4.98 Å². The van der Waals surface area contributed by atoms with Crippen LogP contribution in [0, 0.1) is 0 Å². The van der Waals surface area contributed by atoms with Gasteiger partial charge in [-0.1, -0.05) is 24.6 Å². The van der Waals surface area contributed by atoms with Gasteiger partial charge in [0.2, 0.25) is 0 Å². The number of para-hydroxylation sites is 1. The van der Waals surface area contributed by atoms with Gasteiger partial charge in [0, 0.05) is 5.54 Å². The number of benzene rings is 1. The molecule has 0 aliphatic heterocycles. The lowest BCUT2D eigenvalue weighted by Crippen LogP contribution is -2.40. The number of hydrogen-bond acceptors (Lipinski definition) is 1. The molecule has 1 aromatic heterocycles. The van der Waals surface area contributed by atoms with Crippen LogP contribution in [0.15, 0.2) is 18.2 Å². The summed E-state index contributed by atoms with van der Waals surface area (Å²) in [5.74, 6) is 1.38. The summed E-state index contributed by atoms with van der Waals surface area (Å²) >= 11 is 12.3. The van der Waals surface area contributed by atoms with Crippen LogP contribution in [0.1, 0.15) is 38.4 Å². The van der Waals surface area contributed by atoms with Gasteiger partial charge in [0.1, 0.15) is 11.3 Å². The van der Waals surface area contributed by atoms with Crippen molar-refractivity contribution >= 4 is 34.2 Å². The Bertz CT molecular complexity index is 579. The van der Waals surface area contributed by atoms with E-state index in [1.807, 2.05) is 12.1 Å². The number of fused-ring (bicyclic) bond motifs is 1. The van der Waals surface area contributed by atoms with Crippen LogP contribution in [0.25, 0.3) is 11.0 Å². The first-order valence-corrected chi connectivity index (χ1v) is 7.35. The number of aromatic nitrogens is 2. The van der Waals surface area contributed by atoms with Crippen LogP contribution >= 0.6 is 23.2 Å². The van der Waals surface area contributed by atoms with Crippen LogP contribution < -0.4 is 0 Å². The van der Waals surface area contributed by atoms with Crippen molar-refractivity contribution in [1.82, 2.24) is 9.55 Å². The fraction of sp³-hybridized carbons (Fsp3) is 0.500. The van der Waals surface area contributed by atoms with Gasteiger partial charge in [0.05, 0.1) is 16.4 Å². The van der Waals surface area contributed by atoms with E-state index in [-0.39, 0.29) is 5.54 Å². The zero-order chi connectivity index (χ0) is 12.8. The molecule has 0 unspecified atom stereocenters. The van der Waals surface area contributed by atoms with E-state index in [1.54, 1.807) is 0 Å². The monoisotopic (exact) mass is 282 g/mol. The Morgan fingerprint density at radius 3 is 2.72 bits per heavy atom. The molecular weight excluding hydrogens is 267 g/mol. The largest absolute Gasteiger partial charge is 0.321 e. The van der Waals surface area contributed by atoms with Crippen LogP contribution in [0.3, 0.4) is 0 Å². The number of hydrogen-bond donors (Lipinski definition) is 0. The number of alkyl halides is 1. The van der Waals surface area contributed by atoms with Crippen LogP contribution in [0.5, 0.6) is 0 Å². The molecule has 0 bridgehead atoms. The first kappa shape index (κ1) is 12.3. The van der Waals surface area contributed by atoms with Crippen molar-refractivity contribution in [3.05, 3.63) is 29.0 Å². The molecule has 1 aliphatic carbocycles. The lowest BCUT2D eigenvalue weighted by molar-refractivity contribution is 0.138. The summed E-state index contributed by atoms with van der Waals surface area (Å²) < 4.78 is 2.34. The zero-order valence-corrected chi connectivity index (χ0v) is 11.9. The fourth-order valence-corrected chi connectivity index (χ4v) is 3.44. The standard InChI is InChI=1S/C14H16Cl2N2/c1-2-14(7-4-8-14)18-11-6-3-5-10(16)13(11)17-12(18)9-15/h3,5-6H,2,4,7-9H2,1H3. The molecule has 2 nitrogen and oxygen atoms in total. The summed E-state index contributed by atoms with van der Waals surface area (Å²) in [5, 5.41) is 0.711. The van der Waals surface area contributed by atoms with Crippen molar-refractivity contribution in [2.75, 3.05) is 0 Å². The van der Waals surface area contributed by atoms with Crippen molar-refractivity contribution in [2.45, 2.75) is 44.0 Å². The summed E-state index contributed by atoms with van der Waals surface area (Å²) in [7, 11) is 0. The van der Waals surface area contributed by atoms with Gasteiger partial charge in [0.15, 0.2) is 0 Å². The van der Waals surface area contributed by atoms with Gasteiger partial charge in [-0.3, -0.25) is 0 Å². The van der Waals surface area contributed by atoms with E-state index in [1.165, 1.54) is 19.3 Å². The van der Waals surface area contributed by atoms with Crippen molar-refractivity contribution in [2.24, 2.45) is 0 Å². The molecule has 0 radical (unpaired) electrons. The minimum absolute atomic E-state index is 0.212. The second kappa shape index (κ2) is 4.43. The fourth-order valence-electron chi connectivity index (χ4n) is 3.05. The number of halogens is 2. The number of imidazole rings is 1. The van der Waals surface area contributed by atoms with E-state index < -0.39 is 0 Å². The number of rotatable bonds is 3. The molecule has 0 saturated heterocycles. The minimum atomic E-state index is 0.212. The summed E-state index contributed by atoms with van der Waals surface area (Å²) in [6.07, 6.45) is 4.83. The molecular formula is C14H16Cl2N2. The SMILES string of the molecule is CCC1(n2c(CCl)nc3c(Cl)cccc32)CCC1. The molecule has 4 heteroatoms. The molecule has 0 spiro atoms. The Hall–Kier alpha value is -0.730. The zero-order valence-electron chi connectivity index (χ0n) is 10.4. The summed E-state index contributed by atoms with van der Waals surface area (Å²) in [6, 6.07) is 5.97. The van der Waals surface area contributed by atoms with Crippen LogP contribution in [-0.2, 0) is 11.4 Å². The highest BCUT2D eigenvalue weighted by atomic mass is 35.5. The van der Waals surface area contributed by atoms with Crippen LogP contribution in [0.2, 0.25) is 5.02 Å². The Labute approximate surface area is 117 Å². The normalized spacial score (nSPS) is 17.9. The van der Waals surface area contributed by atoms with Gasteiger partial charge >= 0.3 is 0 Å². The van der Waals surface area contributed by atoms with E-state index >= 15 is 0 Å². The molecule has 2 aromatic rings. The van der Waals surface area contributed by atoms with Gasteiger partial charge < -0.3 is 4.57 Å². The van der Waals surface area contributed by atoms with E-state index in [2.05, 4.69) is 22.5 Å². The van der Waals surface area contributed by atoms with Crippen LogP contribution in [-0.4, -0.2) is 9.55 Å². The number of nitrogens with zero attached hydrogens (tertiary/aromatic N) is 2. The molecule has 1 aliphatic rings. The topological polar surface area (TPSA) is 17.8 Å². The third-order valence-electron chi connectivity index (χ3n) is 4.24. The molecule has 1 aromatic carbocycles.